The molecule has 0 amide bonds. The zero-order chi connectivity index (χ0) is 12.3. The van der Waals surface area contributed by atoms with Crippen molar-refractivity contribution < 1.29 is 14.6 Å². The van der Waals surface area contributed by atoms with Crippen LogP contribution < -0.4 is 0 Å². The summed E-state index contributed by atoms with van der Waals surface area (Å²) in [6.07, 6.45) is 6.08. The van der Waals surface area contributed by atoms with E-state index in [1.54, 1.807) is 7.11 Å². The van der Waals surface area contributed by atoms with E-state index < -0.39 is 0 Å². The Hall–Kier alpha value is -0.120. The summed E-state index contributed by atoms with van der Waals surface area (Å²) in [4.78, 5) is 0. The highest BCUT2D eigenvalue weighted by Gasteiger charge is 2.44. The fourth-order valence-electron chi connectivity index (χ4n) is 3.58. The van der Waals surface area contributed by atoms with Crippen LogP contribution in [0, 0.1) is 11.8 Å². The standard InChI is InChI=1S/C14H26O3/c1-11-4-3-7-14(10-11,16-2)13(15)12-5-8-17-9-6-12/h11-13,15H,3-10H2,1-2H3. The molecule has 0 aromatic carbocycles. The van der Waals surface area contributed by atoms with E-state index >= 15 is 0 Å². The average molecular weight is 242 g/mol. The first-order chi connectivity index (χ1) is 8.18. The van der Waals surface area contributed by atoms with Crippen LogP contribution in [0.3, 0.4) is 0 Å². The van der Waals surface area contributed by atoms with Gasteiger partial charge in [0.05, 0.1) is 11.7 Å². The topological polar surface area (TPSA) is 38.7 Å². The lowest BCUT2D eigenvalue weighted by Gasteiger charge is -2.45. The summed E-state index contributed by atoms with van der Waals surface area (Å²) >= 11 is 0. The number of methoxy groups -OCH3 is 1. The third-order valence-corrected chi connectivity index (χ3v) is 4.65. The van der Waals surface area contributed by atoms with E-state index in [-0.39, 0.29) is 11.7 Å². The molecule has 2 aliphatic rings. The quantitative estimate of drug-likeness (QED) is 0.825. The van der Waals surface area contributed by atoms with Gasteiger partial charge >= 0.3 is 0 Å². The predicted molar refractivity (Wildman–Crippen MR) is 66.9 cm³/mol. The summed E-state index contributed by atoms with van der Waals surface area (Å²) in [5, 5.41) is 10.7. The summed E-state index contributed by atoms with van der Waals surface area (Å²) in [6, 6.07) is 0. The number of ether oxygens (including phenoxy) is 2. The van der Waals surface area contributed by atoms with Crippen molar-refractivity contribution in [1.29, 1.82) is 0 Å². The second kappa shape index (κ2) is 5.68. The van der Waals surface area contributed by atoms with E-state index in [9.17, 15) is 5.11 Å². The third kappa shape index (κ3) is 2.83. The first-order valence-corrected chi connectivity index (χ1v) is 6.99. The summed E-state index contributed by atoms with van der Waals surface area (Å²) in [7, 11) is 1.76. The van der Waals surface area contributed by atoms with Crippen molar-refractivity contribution in [3.05, 3.63) is 0 Å². The molecule has 0 aromatic heterocycles. The van der Waals surface area contributed by atoms with Gasteiger partial charge in [-0.25, -0.2) is 0 Å². The summed E-state index contributed by atoms with van der Waals surface area (Å²) in [5.41, 5.74) is -0.292. The Kier molecular flexibility index (Phi) is 4.45. The van der Waals surface area contributed by atoms with Gasteiger partial charge in [-0.05, 0) is 37.5 Å². The monoisotopic (exact) mass is 242 g/mol. The molecule has 0 spiro atoms. The Bertz CT molecular complexity index is 238. The Morgan fingerprint density at radius 2 is 2.00 bits per heavy atom. The highest BCUT2D eigenvalue weighted by atomic mass is 16.5. The zero-order valence-corrected chi connectivity index (χ0v) is 11.2. The summed E-state index contributed by atoms with van der Waals surface area (Å²) < 4.78 is 11.1. The molecule has 2 fully saturated rings. The first kappa shape index (κ1) is 13.3. The van der Waals surface area contributed by atoms with E-state index in [4.69, 9.17) is 9.47 Å². The van der Waals surface area contributed by atoms with Crippen LogP contribution in [0.2, 0.25) is 0 Å². The van der Waals surface area contributed by atoms with E-state index in [1.807, 2.05) is 0 Å². The van der Waals surface area contributed by atoms with Crippen LogP contribution in [0.25, 0.3) is 0 Å². The molecule has 2 rings (SSSR count). The van der Waals surface area contributed by atoms with Gasteiger partial charge in [0.2, 0.25) is 0 Å². The molecule has 1 saturated carbocycles. The minimum Gasteiger partial charge on any atom is -0.390 e. The van der Waals surface area contributed by atoms with Crippen molar-refractivity contribution in [2.45, 2.75) is 57.2 Å². The molecular formula is C14H26O3. The molecule has 17 heavy (non-hydrogen) atoms. The van der Waals surface area contributed by atoms with Gasteiger partial charge in [0.25, 0.3) is 0 Å². The van der Waals surface area contributed by atoms with E-state index in [0.717, 1.165) is 38.9 Å². The predicted octanol–water partition coefficient (Wildman–Crippen LogP) is 2.37. The lowest BCUT2D eigenvalue weighted by Crippen LogP contribution is -2.51. The van der Waals surface area contributed by atoms with Crippen molar-refractivity contribution in [1.82, 2.24) is 0 Å². The second-order valence-corrected chi connectivity index (χ2v) is 5.87. The Labute approximate surface area is 104 Å². The Morgan fingerprint density at radius 1 is 1.29 bits per heavy atom. The molecular weight excluding hydrogens is 216 g/mol. The fraction of sp³-hybridized carbons (Fsp3) is 1.00. The van der Waals surface area contributed by atoms with E-state index in [2.05, 4.69) is 6.92 Å². The maximum atomic E-state index is 10.7. The van der Waals surface area contributed by atoms with Crippen LogP contribution >= 0.6 is 0 Å². The largest absolute Gasteiger partial charge is 0.390 e. The number of aliphatic hydroxyl groups is 1. The molecule has 0 radical (unpaired) electrons. The molecule has 1 aliphatic carbocycles. The van der Waals surface area contributed by atoms with Gasteiger partial charge in [0, 0.05) is 20.3 Å². The van der Waals surface area contributed by atoms with Crippen LogP contribution in [0.1, 0.15) is 45.4 Å². The van der Waals surface area contributed by atoms with Crippen molar-refractivity contribution in [3.8, 4) is 0 Å². The Morgan fingerprint density at radius 3 is 2.59 bits per heavy atom. The number of aliphatic hydroxyl groups excluding tert-OH is 1. The number of hydrogen-bond donors (Lipinski definition) is 1. The maximum Gasteiger partial charge on any atom is 0.0941 e. The van der Waals surface area contributed by atoms with Crippen LogP contribution in [0.15, 0.2) is 0 Å². The average Bonchev–Trinajstić information content (AvgIpc) is 2.38. The van der Waals surface area contributed by atoms with Gasteiger partial charge < -0.3 is 14.6 Å². The highest BCUT2D eigenvalue weighted by molar-refractivity contribution is 4.96. The molecule has 3 atom stereocenters. The van der Waals surface area contributed by atoms with E-state index in [0.29, 0.717) is 11.8 Å². The van der Waals surface area contributed by atoms with Gasteiger partial charge in [-0.2, -0.15) is 0 Å². The van der Waals surface area contributed by atoms with Gasteiger partial charge in [0.1, 0.15) is 0 Å². The second-order valence-electron chi connectivity index (χ2n) is 5.87. The minimum absolute atomic E-state index is 0.292. The normalized spacial score (nSPS) is 37.9. The molecule has 1 N–H and O–H groups in total. The molecule has 100 valence electrons. The van der Waals surface area contributed by atoms with Crippen LogP contribution in [0.5, 0.6) is 0 Å². The van der Waals surface area contributed by atoms with E-state index in [1.165, 1.54) is 12.8 Å². The van der Waals surface area contributed by atoms with Gasteiger partial charge in [-0.1, -0.05) is 19.8 Å². The zero-order valence-electron chi connectivity index (χ0n) is 11.2. The van der Waals surface area contributed by atoms with Crippen LogP contribution in [0.4, 0.5) is 0 Å². The van der Waals surface area contributed by atoms with Gasteiger partial charge in [-0.3, -0.25) is 0 Å². The lowest BCUT2D eigenvalue weighted by atomic mass is 9.71. The van der Waals surface area contributed by atoms with Crippen molar-refractivity contribution >= 4 is 0 Å². The summed E-state index contributed by atoms with van der Waals surface area (Å²) in [6.45, 7) is 3.85. The molecule has 3 unspecified atom stereocenters. The SMILES string of the molecule is COC1(C(O)C2CCOCC2)CCCC(C)C1. The molecule has 0 aromatic rings. The molecule has 1 heterocycles. The molecule has 0 bridgehead atoms. The first-order valence-electron chi connectivity index (χ1n) is 6.99. The fourth-order valence-corrected chi connectivity index (χ4v) is 3.58. The van der Waals surface area contributed by atoms with Crippen LogP contribution in [-0.2, 0) is 9.47 Å². The molecule has 1 aliphatic heterocycles. The van der Waals surface area contributed by atoms with Gasteiger partial charge in [-0.15, -0.1) is 0 Å². The smallest absolute Gasteiger partial charge is 0.0941 e. The number of hydrogen-bond acceptors (Lipinski definition) is 3. The van der Waals surface area contributed by atoms with Crippen LogP contribution in [-0.4, -0.2) is 37.1 Å². The molecule has 3 heteroatoms. The van der Waals surface area contributed by atoms with Crippen molar-refractivity contribution in [3.63, 3.8) is 0 Å². The molecule has 1 saturated heterocycles. The maximum absolute atomic E-state index is 10.7. The minimum atomic E-state index is -0.320. The lowest BCUT2D eigenvalue weighted by molar-refractivity contribution is -0.160. The van der Waals surface area contributed by atoms with Gasteiger partial charge in [0.15, 0.2) is 0 Å². The van der Waals surface area contributed by atoms with Crippen molar-refractivity contribution in [2.24, 2.45) is 11.8 Å². The third-order valence-electron chi connectivity index (χ3n) is 4.65. The highest BCUT2D eigenvalue weighted by Crippen LogP contribution is 2.41. The Balaban J connectivity index is 2.04. The molecule has 3 nitrogen and oxygen atoms in total. The summed E-state index contributed by atoms with van der Waals surface area (Å²) in [5.74, 6) is 1.02. The van der Waals surface area contributed by atoms with Crippen molar-refractivity contribution in [2.75, 3.05) is 20.3 Å². The number of rotatable bonds is 3.